The Morgan fingerprint density at radius 2 is 1.20 bits per heavy atom. The number of carbonyl (C=O) groups is 2. The highest BCUT2D eigenvalue weighted by atomic mass is 35.5. The highest BCUT2D eigenvalue weighted by molar-refractivity contribution is 6.55. The van der Waals surface area contributed by atoms with Gasteiger partial charge in [-0.3, -0.25) is 9.59 Å². The lowest BCUT2D eigenvalue weighted by molar-refractivity contribution is -0.112. The summed E-state index contributed by atoms with van der Waals surface area (Å²) in [6.45, 7) is 12.2. The van der Waals surface area contributed by atoms with Crippen molar-refractivity contribution in [3.05, 3.63) is 143 Å². The van der Waals surface area contributed by atoms with E-state index in [-0.39, 0.29) is 11.8 Å². The lowest BCUT2D eigenvalue weighted by Gasteiger charge is -2.13. The molecule has 0 aromatic heterocycles. The first-order valence-corrected chi connectivity index (χ1v) is 14.7. The van der Waals surface area contributed by atoms with E-state index in [0.29, 0.717) is 45.9 Å². The predicted octanol–water partition coefficient (Wildman–Crippen LogP) is 8.60. The molecule has 8 heteroatoms. The maximum Gasteiger partial charge on any atom is 0.277 e. The molecule has 0 saturated heterocycles. The Morgan fingerprint density at radius 3 is 1.70 bits per heavy atom. The first-order valence-electron chi connectivity index (χ1n) is 14.0. The number of carbonyl (C=O) groups excluding carboxylic acids is 2. The molecule has 44 heavy (non-hydrogen) atoms. The van der Waals surface area contributed by atoms with E-state index >= 15 is 0 Å². The zero-order chi connectivity index (χ0) is 31.4. The Balaban J connectivity index is 0.000000175. The molecular weight excluding hydrogens is 591 g/mol. The summed E-state index contributed by atoms with van der Waals surface area (Å²) in [6, 6.07) is 26.3. The average molecular weight is 622 g/mol. The van der Waals surface area contributed by atoms with Crippen molar-refractivity contribution in [2.24, 2.45) is 9.98 Å². The SMILES string of the molecule is C=CCN1C(=O)C(=Nc2cc(C)cc(Cl)c2)c2ccccc21.C=CCN1C(=O)C(=Nc2ccc(C)c(Cl)c2)c2ccccc21. The second kappa shape index (κ2) is 13.2. The van der Waals surface area contributed by atoms with Crippen LogP contribution in [0.3, 0.4) is 0 Å². The van der Waals surface area contributed by atoms with Crippen molar-refractivity contribution in [1.29, 1.82) is 0 Å². The van der Waals surface area contributed by atoms with Crippen LogP contribution < -0.4 is 9.80 Å². The van der Waals surface area contributed by atoms with Gasteiger partial charge >= 0.3 is 0 Å². The van der Waals surface area contributed by atoms with Crippen molar-refractivity contribution >= 4 is 69.2 Å². The highest BCUT2D eigenvalue weighted by Gasteiger charge is 2.34. The topological polar surface area (TPSA) is 65.3 Å². The molecule has 6 nitrogen and oxygen atoms in total. The van der Waals surface area contributed by atoms with Crippen LogP contribution in [0.4, 0.5) is 22.7 Å². The third-order valence-electron chi connectivity index (χ3n) is 7.08. The van der Waals surface area contributed by atoms with Crippen LogP contribution in [0.15, 0.2) is 120 Å². The number of para-hydroxylation sites is 2. The number of hydrogen-bond acceptors (Lipinski definition) is 4. The molecule has 2 heterocycles. The zero-order valence-electron chi connectivity index (χ0n) is 24.4. The van der Waals surface area contributed by atoms with Crippen LogP contribution in [-0.4, -0.2) is 36.3 Å². The fourth-order valence-electron chi connectivity index (χ4n) is 5.05. The largest absolute Gasteiger partial charge is 0.303 e. The second-order valence-corrected chi connectivity index (χ2v) is 11.1. The molecule has 0 radical (unpaired) electrons. The van der Waals surface area contributed by atoms with E-state index in [9.17, 15) is 9.59 Å². The Labute approximate surface area is 267 Å². The fraction of sp³-hybridized carbons (Fsp3) is 0.111. The maximum atomic E-state index is 12.6. The molecule has 2 aliphatic heterocycles. The molecule has 2 amide bonds. The van der Waals surface area contributed by atoms with E-state index in [1.54, 1.807) is 34.1 Å². The number of halogens is 2. The summed E-state index contributed by atoms with van der Waals surface area (Å²) >= 11 is 12.2. The molecule has 0 aliphatic carbocycles. The van der Waals surface area contributed by atoms with Crippen LogP contribution >= 0.6 is 23.2 Å². The number of benzene rings is 4. The summed E-state index contributed by atoms with van der Waals surface area (Å²) in [6.07, 6.45) is 3.42. The van der Waals surface area contributed by atoms with Crippen molar-refractivity contribution in [2.45, 2.75) is 13.8 Å². The summed E-state index contributed by atoms with van der Waals surface area (Å²) in [4.78, 5) is 37.7. The van der Waals surface area contributed by atoms with Crippen molar-refractivity contribution in [1.82, 2.24) is 0 Å². The molecule has 0 fully saturated rings. The molecule has 0 N–H and O–H groups in total. The van der Waals surface area contributed by atoms with Crippen molar-refractivity contribution in [3.8, 4) is 0 Å². The number of rotatable bonds is 6. The second-order valence-electron chi connectivity index (χ2n) is 10.3. The fourth-order valence-corrected chi connectivity index (χ4v) is 5.51. The molecule has 0 atom stereocenters. The van der Waals surface area contributed by atoms with Crippen molar-refractivity contribution in [3.63, 3.8) is 0 Å². The summed E-state index contributed by atoms with van der Waals surface area (Å²) in [7, 11) is 0. The highest BCUT2D eigenvalue weighted by Crippen LogP contribution is 2.33. The minimum atomic E-state index is -0.113. The lowest BCUT2D eigenvalue weighted by Crippen LogP contribution is -2.30. The average Bonchev–Trinajstić information content (AvgIpc) is 3.41. The normalized spacial score (nSPS) is 15.3. The third kappa shape index (κ3) is 6.27. The molecule has 0 saturated carbocycles. The van der Waals surface area contributed by atoms with Crippen molar-refractivity contribution in [2.75, 3.05) is 22.9 Å². The van der Waals surface area contributed by atoms with Gasteiger partial charge in [-0.2, -0.15) is 0 Å². The number of aliphatic imine (C=N–C) groups is 2. The van der Waals surface area contributed by atoms with Gasteiger partial charge in [0, 0.05) is 34.3 Å². The van der Waals surface area contributed by atoms with Gasteiger partial charge in [-0.25, -0.2) is 9.98 Å². The van der Waals surface area contributed by atoms with Crippen LogP contribution in [0.1, 0.15) is 22.3 Å². The van der Waals surface area contributed by atoms with Gasteiger partial charge in [0.05, 0.1) is 22.7 Å². The number of fused-ring (bicyclic) bond motifs is 2. The number of aryl methyl sites for hydroxylation is 2. The lowest BCUT2D eigenvalue weighted by atomic mass is 10.1. The van der Waals surface area contributed by atoms with Gasteiger partial charge in [-0.1, -0.05) is 77.8 Å². The zero-order valence-corrected chi connectivity index (χ0v) is 25.9. The predicted molar refractivity (Wildman–Crippen MR) is 183 cm³/mol. The maximum absolute atomic E-state index is 12.6. The molecular formula is C36H30Cl2N4O2. The molecule has 4 aromatic carbocycles. The van der Waals surface area contributed by atoms with E-state index in [4.69, 9.17) is 23.2 Å². The molecule has 220 valence electrons. The van der Waals surface area contributed by atoms with E-state index in [0.717, 1.165) is 33.6 Å². The summed E-state index contributed by atoms with van der Waals surface area (Å²) < 4.78 is 0. The minimum Gasteiger partial charge on any atom is -0.303 e. The van der Waals surface area contributed by atoms with Crippen molar-refractivity contribution < 1.29 is 9.59 Å². The summed E-state index contributed by atoms with van der Waals surface area (Å²) in [5, 5.41) is 1.25. The quantitative estimate of drug-likeness (QED) is 0.203. The van der Waals surface area contributed by atoms with Gasteiger partial charge in [0.1, 0.15) is 11.4 Å². The van der Waals surface area contributed by atoms with Crippen LogP contribution in [-0.2, 0) is 9.59 Å². The van der Waals surface area contributed by atoms with Gasteiger partial charge < -0.3 is 9.80 Å². The summed E-state index contributed by atoms with van der Waals surface area (Å²) in [5.74, 6) is -0.225. The molecule has 0 unspecified atom stereocenters. The van der Waals surface area contributed by atoms with Gasteiger partial charge in [0.2, 0.25) is 0 Å². The molecule has 2 aliphatic rings. The summed E-state index contributed by atoms with van der Waals surface area (Å²) in [5.41, 5.74) is 7.65. The van der Waals surface area contributed by atoms with Crippen LogP contribution in [0.5, 0.6) is 0 Å². The van der Waals surface area contributed by atoms with Crippen LogP contribution in [0.2, 0.25) is 10.0 Å². The monoisotopic (exact) mass is 620 g/mol. The van der Waals surface area contributed by atoms with Gasteiger partial charge in [0.25, 0.3) is 11.8 Å². The standard InChI is InChI=1S/2C18H15ClN2O/c1-3-10-21-16-7-5-4-6-14(16)17(18(21)22)20-13-9-8-12(2)15(19)11-13;1-3-8-21-16-7-5-4-6-15(16)17(18(21)22)20-14-10-12(2)9-13(19)11-14/h3-9,11H,1,10H2,2H3;3-7,9-11H,1,8H2,2H3. The smallest absolute Gasteiger partial charge is 0.277 e. The molecule has 4 aromatic rings. The van der Waals surface area contributed by atoms with E-state index in [1.807, 2.05) is 86.6 Å². The Bertz CT molecular complexity index is 1840. The molecule has 0 spiro atoms. The Kier molecular flexibility index (Phi) is 9.23. The van der Waals surface area contributed by atoms with E-state index in [2.05, 4.69) is 23.1 Å². The number of anilines is 2. The van der Waals surface area contributed by atoms with Gasteiger partial charge in [-0.15, -0.1) is 13.2 Å². The molecule has 6 rings (SSSR count). The minimum absolute atomic E-state index is 0.112. The van der Waals surface area contributed by atoms with Crippen LogP contribution in [0.25, 0.3) is 0 Å². The van der Waals surface area contributed by atoms with E-state index < -0.39 is 0 Å². The molecule has 0 bridgehead atoms. The Hall–Kier alpha value is -4.78. The third-order valence-corrected chi connectivity index (χ3v) is 7.71. The Morgan fingerprint density at radius 1 is 0.682 bits per heavy atom. The van der Waals surface area contributed by atoms with Gasteiger partial charge in [-0.05, 0) is 67.4 Å². The first-order chi connectivity index (χ1) is 21.2. The number of hydrogen-bond donors (Lipinski definition) is 0. The number of nitrogens with zero attached hydrogens (tertiary/aromatic N) is 4. The van der Waals surface area contributed by atoms with E-state index in [1.165, 1.54) is 0 Å². The van der Waals surface area contributed by atoms with Gasteiger partial charge in [0.15, 0.2) is 0 Å². The first kappa shape index (κ1) is 30.7. The van der Waals surface area contributed by atoms with Crippen LogP contribution in [0, 0.1) is 13.8 Å². The number of amides is 2.